The van der Waals surface area contributed by atoms with Crippen LogP contribution in [0.3, 0.4) is 0 Å². The first-order valence-corrected chi connectivity index (χ1v) is 7.82. The second-order valence-corrected chi connectivity index (χ2v) is 5.76. The Bertz CT molecular complexity index is 639. The fourth-order valence-corrected chi connectivity index (χ4v) is 2.25. The average Bonchev–Trinajstić information content (AvgIpc) is 3.43. The highest BCUT2D eigenvalue weighted by atomic mass is 16.5. The summed E-state index contributed by atoms with van der Waals surface area (Å²) < 4.78 is 5.55. The van der Waals surface area contributed by atoms with Gasteiger partial charge in [0.15, 0.2) is 0 Å². The highest BCUT2D eigenvalue weighted by Gasteiger charge is 2.22. The van der Waals surface area contributed by atoms with Gasteiger partial charge in [0.25, 0.3) is 5.91 Å². The quantitative estimate of drug-likeness (QED) is 0.823. The molecule has 120 valence electrons. The molecule has 1 fully saturated rings. The normalized spacial score (nSPS) is 15.0. The zero-order chi connectivity index (χ0) is 16.1. The zero-order valence-corrected chi connectivity index (χ0v) is 12.8. The van der Waals surface area contributed by atoms with Crippen LogP contribution in [0.1, 0.15) is 34.8 Å². The minimum Gasteiger partial charge on any atom is -0.477 e. The summed E-state index contributed by atoms with van der Waals surface area (Å²) in [5.41, 5.74) is 1.30. The number of aliphatic hydroxyl groups is 1. The molecule has 0 spiro atoms. The van der Waals surface area contributed by atoms with Crippen LogP contribution in [0.2, 0.25) is 0 Å². The highest BCUT2D eigenvalue weighted by molar-refractivity contribution is 5.94. The molecule has 0 saturated heterocycles. The Kier molecular flexibility index (Phi) is 4.88. The van der Waals surface area contributed by atoms with Gasteiger partial charge in [-0.05, 0) is 30.4 Å². The molecule has 2 aromatic rings. The van der Waals surface area contributed by atoms with Gasteiger partial charge in [0.2, 0.25) is 5.88 Å². The molecule has 5 heteroatoms. The Morgan fingerprint density at radius 2 is 2.04 bits per heavy atom. The summed E-state index contributed by atoms with van der Waals surface area (Å²) in [7, 11) is 0. The van der Waals surface area contributed by atoms with Crippen LogP contribution in [-0.4, -0.2) is 29.2 Å². The zero-order valence-electron chi connectivity index (χ0n) is 12.8. The Labute approximate surface area is 135 Å². The van der Waals surface area contributed by atoms with Gasteiger partial charge >= 0.3 is 0 Å². The maximum atomic E-state index is 12.3. The molecule has 0 unspecified atom stereocenters. The lowest BCUT2D eigenvalue weighted by molar-refractivity contribution is 0.0915. The van der Waals surface area contributed by atoms with Gasteiger partial charge in [0, 0.05) is 12.3 Å². The fraction of sp³-hybridized carbons (Fsp3) is 0.333. The van der Waals surface area contributed by atoms with E-state index in [0.29, 0.717) is 24.0 Å². The van der Waals surface area contributed by atoms with Gasteiger partial charge in [0.1, 0.15) is 0 Å². The van der Waals surface area contributed by atoms with E-state index in [2.05, 4.69) is 10.3 Å². The summed E-state index contributed by atoms with van der Waals surface area (Å²) in [6, 6.07) is 12.3. The van der Waals surface area contributed by atoms with E-state index >= 15 is 0 Å². The number of carbonyl (C=O) groups excluding carboxylic acids is 1. The van der Waals surface area contributed by atoms with Gasteiger partial charge in [0.05, 0.1) is 24.8 Å². The summed E-state index contributed by atoms with van der Waals surface area (Å²) in [5.74, 6) is 0.931. The number of aliphatic hydroxyl groups excluding tert-OH is 1. The van der Waals surface area contributed by atoms with E-state index in [-0.39, 0.29) is 12.5 Å². The maximum Gasteiger partial charge on any atom is 0.253 e. The van der Waals surface area contributed by atoms with Crippen molar-refractivity contribution in [2.24, 2.45) is 5.92 Å². The van der Waals surface area contributed by atoms with Crippen molar-refractivity contribution in [1.29, 1.82) is 0 Å². The molecule has 1 aliphatic rings. The number of benzene rings is 1. The molecule has 1 atom stereocenters. The van der Waals surface area contributed by atoms with E-state index in [0.717, 1.165) is 5.56 Å². The van der Waals surface area contributed by atoms with Gasteiger partial charge < -0.3 is 15.2 Å². The van der Waals surface area contributed by atoms with Crippen LogP contribution in [0, 0.1) is 5.92 Å². The Morgan fingerprint density at radius 1 is 1.26 bits per heavy atom. The van der Waals surface area contributed by atoms with E-state index < -0.39 is 6.04 Å². The van der Waals surface area contributed by atoms with Crippen LogP contribution in [0.15, 0.2) is 48.7 Å². The van der Waals surface area contributed by atoms with E-state index in [1.807, 2.05) is 30.3 Å². The number of nitrogens with one attached hydrogen (secondary N) is 1. The smallest absolute Gasteiger partial charge is 0.253 e. The van der Waals surface area contributed by atoms with Crippen LogP contribution in [0.25, 0.3) is 0 Å². The van der Waals surface area contributed by atoms with Crippen LogP contribution in [-0.2, 0) is 0 Å². The molecule has 0 aliphatic heterocycles. The Morgan fingerprint density at radius 3 is 2.65 bits per heavy atom. The minimum absolute atomic E-state index is 0.161. The van der Waals surface area contributed by atoms with Gasteiger partial charge in [-0.25, -0.2) is 4.98 Å². The third kappa shape index (κ3) is 4.29. The van der Waals surface area contributed by atoms with Crippen LogP contribution >= 0.6 is 0 Å². The highest BCUT2D eigenvalue weighted by Crippen LogP contribution is 2.29. The van der Waals surface area contributed by atoms with Crippen molar-refractivity contribution in [2.75, 3.05) is 13.2 Å². The molecule has 1 aromatic heterocycles. The summed E-state index contributed by atoms with van der Waals surface area (Å²) in [6.45, 7) is 0.533. The molecule has 1 aromatic carbocycles. The predicted octanol–water partition coefficient (Wildman–Crippen LogP) is 2.33. The summed E-state index contributed by atoms with van der Waals surface area (Å²) in [5, 5.41) is 12.3. The lowest BCUT2D eigenvalue weighted by Gasteiger charge is -2.16. The van der Waals surface area contributed by atoms with Crippen LogP contribution in [0.5, 0.6) is 5.88 Å². The van der Waals surface area contributed by atoms with E-state index in [1.165, 1.54) is 19.0 Å². The van der Waals surface area contributed by atoms with E-state index in [4.69, 9.17) is 4.74 Å². The van der Waals surface area contributed by atoms with Crippen molar-refractivity contribution in [3.63, 3.8) is 0 Å². The molecule has 1 amide bonds. The first-order chi connectivity index (χ1) is 11.3. The molecular weight excluding hydrogens is 292 g/mol. The van der Waals surface area contributed by atoms with Crippen molar-refractivity contribution < 1.29 is 14.6 Å². The number of nitrogens with zero attached hydrogens (tertiary/aromatic N) is 1. The molecular formula is C18H20N2O3. The number of hydrogen-bond acceptors (Lipinski definition) is 4. The lowest BCUT2D eigenvalue weighted by Crippen LogP contribution is -2.30. The largest absolute Gasteiger partial charge is 0.477 e. The van der Waals surface area contributed by atoms with Crippen molar-refractivity contribution in [3.05, 3.63) is 59.8 Å². The monoisotopic (exact) mass is 312 g/mol. The summed E-state index contributed by atoms with van der Waals surface area (Å²) >= 11 is 0. The Hall–Kier alpha value is -2.40. The summed E-state index contributed by atoms with van der Waals surface area (Å²) in [4.78, 5) is 16.4. The van der Waals surface area contributed by atoms with Crippen molar-refractivity contribution in [2.45, 2.75) is 18.9 Å². The predicted molar refractivity (Wildman–Crippen MR) is 86.2 cm³/mol. The minimum atomic E-state index is -0.436. The average molecular weight is 312 g/mol. The molecule has 2 N–H and O–H groups in total. The first-order valence-electron chi connectivity index (χ1n) is 7.82. The molecule has 0 radical (unpaired) electrons. The number of amides is 1. The molecule has 3 rings (SSSR count). The first kappa shape index (κ1) is 15.5. The van der Waals surface area contributed by atoms with Crippen molar-refractivity contribution >= 4 is 5.91 Å². The second-order valence-electron chi connectivity index (χ2n) is 5.76. The number of rotatable bonds is 7. The SMILES string of the molecule is O=C(N[C@H](CO)c1ccccc1)c1ccc(OCC2CC2)nc1. The van der Waals surface area contributed by atoms with Gasteiger partial charge in [-0.15, -0.1) is 0 Å². The maximum absolute atomic E-state index is 12.3. The lowest BCUT2D eigenvalue weighted by atomic mass is 10.1. The van der Waals surface area contributed by atoms with E-state index in [1.54, 1.807) is 12.1 Å². The summed E-state index contributed by atoms with van der Waals surface area (Å²) in [6.07, 6.45) is 3.95. The van der Waals surface area contributed by atoms with Crippen molar-refractivity contribution in [3.8, 4) is 5.88 Å². The molecule has 1 saturated carbocycles. The standard InChI is InChI=1S/C18H20N2O3/c21-11-16(14-4-2-1-3-5-14)20-18(22)15-8-9-17(19-10-15)23-12-13-6-7-13/h1-5,8-10,13,16,21H,6-7,11-12H2,(H,20,22)/t16-/m1/s1. The molecule has 5 nitrogen and oxygen atoms in total. The number of carbonyl (C=O) groups is 1. The topological polar surface area (TPSA) is 71.5 Å². The molecule has 1 heterocycles. The van der Waals surface area contributed by atoms with Gasteiger partial charge in [-0.3, -0.25) is 4.79 Å². The molecule has 23 heavy (non-hydrogen) atoms. The van der Waals surface area contributed by atoms with Gasteiger partial charge in [-0.1, -0.05) is 30.3 Å². The number of ether oxygens (including phenoxy) is 1. The second kappa shape index (κ2) is 7.24. The van der Waals surface area contributed by atoms with Crippen LogP contribution < -0.4 is 10.1 Å². The number of aromatic nitrogens is 1. The van der Waals surface area contributed by atoms with E-state index in [9.17, 15) is 9.90 Å². The molecule has 0 bridgehead atoms. The fourth-order valence-electron chi connectivity index (χ4n) is 2.25. The van der Waals surface area contributed by atoms with Gasteiger partial charge in [-0.2, -0.15) is 0 Å². The Balaban J connectivity index is 1.60. The number of hydrogen-bond donors (Lipinski definition) is 2. The third-order valence-electron chi connectivity index (χ3n) is 3.85. The molecule has 1 aliphatic carbocycles. The van der Waals surface area contributed by atoms with Crippen LogP contribution in [0.4, 0.5) is 0 Å². The third-order valence-corrected chi connectivity index (χ3v) is 3.85. The van der Waals surface area contributed by atoms with Crippen molar-refractivity contribution in [1.82, 2.24) is 10.3 Å². The number of pyridine rings is 1.